The number of hydrogen-bond donors (Lipinski definition) is 4. The minimum atomic E-state index is -0.542. The van der Waals surface area contributed by atoms with Crippen LogP contribution < -0.4 is 16.0 Å². The van der Waals surface area contributed by atoms with E-state index in [0.717, 1.165) is 18.5 Å². The van der Waals surface area contributed by atoms with Gasteiger partial charge in [0.2, 0.25) is 5.91 Å². The van der Waals surface area contributed by atoms with Gasteiger partial charge in [0.05, 0.1) is 21.3 Å². The van der Waals surface area contributed by atoms with E-state index in [9.17, 15) is 14.4 Å². The van der Waals surface area contributed by atoms with E-state index in [2.05, 4.69) is 37.6 Å². The van der Waals surface area contributed by atoms with Gasteiger partial charge in [0.25, 0.3) is 11.8 Å². The molecule has 2 aromatic carbocycles. The van der Waals surface area contributed by atoms with Crippen molar-refractivity contribution in [3.05, 3.63) is 88.2 Å². The number of anilines is 2. The first kappa shape index (κ1) is 25.4. The maximum atomic E-state index is 12.9. The minimum absolute atomic E-state index is 0.0654. The highest BCUT2D eigenvalue weighted by atomic mass is 35.5. The lowest BCUT2D eigenvalue weighted by molar-refractivity contribution is -0.111. The molecule has 1 aliphatic rings. The second-order valence-corrected chi connectivity index (χ2v) is 9.10. The summed E-state index contributed by atoms with van der Waals surface area (Å²) in [4.78, 5) is 39.4. The van der Waals surface area contributed by atoms with Crippen molar-refractivity contribution >= 4 is 52.3 Å². The van der Waals surface area contributed by atoms with Gasteiger partial charge in [-0.3, -0.25) is 24.4 Å². The highest BCUT2D eigenvalue weighted by Crippen LogP contribution is 2.26. The summed E-state index contributed by atoms with van der Waals surface area (Å²) in [5.74, 6) is -1.21. The van der Waals surface area contributed by atoms with Gasteiger partial charge in [-0.25, -0.2) is 0 Å². The van der Waals surface area contributed by atoms with Crippen molar-refractivity contribution in [3.63, 3.8) is 0 Å². The monoisotopic (exact) mass is 526 g/mol. The topological polar surface area (TPSA) is 119 Å². The van der Waals surface area contributed by atoms with Crippen LogP contribution in [-0.4, -0.2) is 52.0 Å². The predicted octanol–water partition coefficient (Wildman–Crippen LogP) is 4.10. The zero-order chi connectivity index (χ0) is 25.7. The van der Waals surface area contributed by atoms with Crippen LogP contribution in [0.4, 0.5) is 11.4 Å². The third-order valence-electron chi connectivity index (χ3n) is 5.69. The van der Waals surface area contributed by atoms with Crippen molar-refractivity contribution in [2.24, 2.45) is 0 Å². The van der Waals surface area contributed by atoms with Crippen molar-refractivity contribution in [2.45, 2.75) is 19.0 Å². The average molecular weight is 527 g/mol. The summed E-state index contributed by atoms with van der Waals surface area (Å²) in [6.45, 7) is 5.58. The molecule has 0 radical (unpaired) electrons. The van der Waals surface area contributed by atoms with Crippen LogP contribution in [0.5, 0.6) is 0 Å². The molecule has 0 aliphatic carbocycles. The van der Waals surface area contributed by atoms with Gasteiger partial charge in [0, 0.05) is 37.6 Å². The fraction of sp³-hybridized carbons (Fsp3) is 0.200. The number of halogens is 2. The maximum Gasteiger partial charge on any atom is 0.274 e. The van der Waals surface area contributed by atoms with Gasteiger partial charge in [-0.05, 0) is 42.3 Å². The van der Waals surface area contributed by atoms with E-state index < -0.39 is 11.8 Å². The summed E-state index contributed by atoms with van der Waals surface area (Å²) in [6, 6.07) is 12.3. The van der Waals surface area contributed by atoms with Crippen LogP contribution in [-0.2, 0) is 11.3 Å². The van der Waals surface area contributed by atoms with E-state index in [1.165, 1.54) is 12.3 Å². The normalized spacial score (nSPS) is 15.3. The number of likely N-dealkylation sites (tertiary alicyclic amines) is 1. The molecule has 2 heterocycles. The molecule has 1 aliphatic heterocycles. The van der Waals surface area contributed by atoms with Crippen LogP contribution in [0.3, 0.4) is 0 Å². The zero-order valence-electron chi connectivity index (χ0n) is 19.2. The number of rotatable bonds is 8. The van der Waals surface area contributed by atoms with Crippen molar-refractivity contribution in [3.8, 4) is 0 Å². The first-order valence-electron chi connectivity index (χ1n) is 11.2. The molecule has 186 valence electrons. The van der Waals surface area contributed by atoms with Crippen LogP contribution in [0, 0.1) is 0 Å². The molecule has 9 nitrogen and oxygen atoms in total. The fourth-order valence-electron chi connectivity index (χ4n) is 4.00. The van der Waals surface area contributed by atoms with Crippen LogP contribution in [0.15, 0.2) is 61.3 Å². The molecule has 11 heteroatoms. The Morgan fingerprint density at radius 1 is 1.11 bits per heavy atom. The van der Waals surface area contributed by atoms with Crippen molar-refractivity contribution in [2.75, 3.05) is 23.7 Å². The van der Waals surface area contributed by atoms with Gasteiger partial charge in [0.1, 0.15) is 0 Å². The largest absolute Gasteiger partial charge is 0.347 e. The third kappa shape index (κ3) is 6.12. The molecule has 1 fully saturated rings. The number of carbonyl (C=O) groups is 3. The third-order valence-corrected chi connectivity index (χ3v) is 6.32. The Balaban J connectivity index is 1.34. The smallest absolute Gasteiger partial charge is 0.274 e. The number of benzene rings is 2. The SMILES string of the molecule is C=CC(=O)Nc1cccc(CN2CC[C@H](NC(=O)c3n[nH]cc3NC(=O)c3c(Cl)cccc3Cl)C2)c1. The van der Waals surface area contributed by atoms with E-state index in [4.69, 9.17) is 23.2 Å². The van der Waals surface area contributed by atoms with Crippen molar-refractivity contribution in [1.29, 1.82) is 0 Å². The molecule has 0 unspecified atom stereocenters. The second kappa shape index (κ2) is 11.4. The molecule has 36 heavy (non-hydrogen) atoms. The van der Waals surface area contributed by atoms with Crippen molar-refractivity contribution in [1.82, 2.24) is 20.4 Å². The van der Waals surface area contributed by atoms with E-state index in [1.807, 2.05) is 24.3 Å². The van der Waals surface area contributed by atoms with Crippen LogP contribution in [0.25, 0.3) is 0 Å². The molecule has 4 N–H and O–H groups in total. The van der Waals surface area contributed by atoms with E-state index >= 15 is 0 Å². The molecule has 3 amide bonds. The Morgan fingerprint density at radius 2 is 1.86 bits per heavy atom. The number of nitrogens with one attached hydrogen (secondary N) is 4. The van der Waals surface area contributed by atoms with Crippen molar-refractivity contribution < 1.29 is 14.4 Å². The predicted molar refractivity (Wildman–Crippen MR) is 139 cm³/mol. The standard InChI is InChI=1S/C25H24Cl2N6O3/c1-2-21(34)29-16-6-3-5-15(11-16)13-33-10-9-17(14-33)30-25(36)23-20(12-28-32-23)31-24(35)22-18(26)7-4-8-19(22)27/h2-8,11-12,17H,1,9-10,13-14H2,(H,28,32)(H,29,34)(H,30,36)(H,31,35)/t17-/m0/s1. The second-order valence-electron chi connectivity index (χ2n) is 8.29. The van der Waals surface area contributed by atoms with Crippen LogP contribution in [0.2, 0.25) is 10.0 Å². The van der Waals surface area contributed by atoms with Gasteiger partial charge >= 0.3 is 0 Å². The minimum Gasteiger partial charge on any atom is -0.347 e. The zero-order valence-corrected chi connectivity index (χ0v) is 20.7. The quantitative estimate of drug-likeness (QED) is 0.329. The maximum absolute atomic E-state index is 12.9. The van der Waals surface area contributed by atoms with Crippen LogP contribution in [0.1, 0.15) is 32.8 Å². The van der Waals surface area contributed by atoms with Gasteiger partial charge in [0.15, 0.2) is 5.69 Å². The lowest BCUT2D eigenvalue weighted by Crippen LogP contribution is -2.37. The van der Waals surface area contributed by atoms with E-state index in [-0.39, 0.29) is 38.9 Å². The van der Waals surface area contributed by atoms with Gasteiger partial charge < -0.3 is 16.0 Å². The summed E-state index contributed by atoms with van der Waals surface area (Å²) in [5, 5.41) is 15.4. The number of aromatic amines is 1. The lowest BCUT2D eigenvalue weighted by atomic mass is 10.2. The number of aromatic nitrogens is 2. The Morgan fingerprint density at radius 3 is 2.61 bits per heavy atom. The summed E-state index contributed by atoms with van der Waals surface area (Å²) in [5.41, 5.74) is 2.15. The summed E-state index contributed by atoms with van der Waals surface area (Å²) >= 11 is 12.2. The van der Waals surface area contributed by atoms with Gasteiger partial charge in [-0.1, -0.05) is 48.0 Å². The average Bonchev–Trinajstić information content (AvgIpc) is 3.48. The molecule has 0 spiro atoms. The fourth-order valence-corrected chi connectivity index (χ4v) is 4.57. The highest BCUT2D eigenvalue weighted by Gasteiger charge is 2.27. The van der Waals surface area contributed by atoms with Crippen LogP contribution >= 0.6 is 23.2 Å². The molecule has 3 aromatic rings. The first-order chi connectivity index (χ1) is 17.3. The first-order valence-corrected chi connectivity index (χ1v) is 11.9. The molecular formula is C25H24Cl2N6O3. The highest BCUT2D eigenvalue weighted by molar-refractivity contribution is 6.40. The Labute approximate surface area is 217 Å². The Kier molecular flexibility index (Phi) is 8.04. The molecule has 4 rings (SSSR count). The lowest BCUT2D eigenvalue weighted by Gasteiger charge is -2.17. The summed E-state index contributed by atoms with van der Waals surface area (Å²) in [7, 11) is 0. The molecule has 1 atom stereocenters. The van der Waals surface area contributed by atoms with E-state index in [1.54, 1.807) is 18.2 Å². The molecule has 0 bridgehead atoms. The number of H-pyrrole nitrogens is 1. The molecular weight excluding hydrogens is 503 g/mol. The molecule has 1 aromatic heterocycles. The number of nitrogens with zero attached hydrogens (tertiary/aromatic N) is 2. The Bertz CT molecular complexity index is 1290. The Hall–Kier alpha value is -3.66. The summed E-state index contributed by atoms with van der Waals surface area (Å²) < 4.78 is 0. The number of carbonyl (C=O) groups excluding carboxylic acids is 3. The molecule has 1 saturated heterocycles. The number of hydrogen-bond acceptors (Lipinski definition) is 5. The molecule has 0 saturated carbocycles. The van der Waals surface area contributed by atoms with Gasteiger partial charge in [-0.15, -0.1) is 0 Å². The van der Waals surface area contributed by atoms with E-state index in [0.29, 0.717) is 18.8 Å². The van der Waals surface area contributed by atoms with Gasteiger partial charge in [-0.2, -0.15) is 5.10 Å². The summed E-state index contributed by atoms with van der Waals surface area (Å²) in [6.07, 6.45) is 3.42. The number of amides is 3.